The van der Waals surface area contributed by atoms with E-state index in [2.05, 4.69) is 0 Å². The lowest BCUT2D eigenvalue weighted by Crippen LogP contribution is -2.50. The van der Waals surface area contributed by atoms with Crippen molar-refractivity contribution in [2.75, 3.05) is 6.26 Å². The molecule has 23 heavy (non-hydrogen) atoms. The molecule has 1 fully saturated rings. The first kappa shape index (κ1) is 15.9. The molecule has 0 radical (unpaired) electrons. The summed E-state index contributed by atoms with van der Waals surface area (Å²) >= 11 is 0. The van der Waals surface area contributed by atoms with Gasteiger partial charge in [-0.15, -0.1) is 0 Å². The van der Waals surface area contributed by atoms with Crippen LogP contribution in [0.2, 0.25) is 0 Å². The first-order valence-corrected chi connectivity index (χ1v) is 9.51. The highest BCUT2D eigenvalue weighted by molar-refractivity contribution is 7.90. The van der Waals surface area contributed by atoms with E-state index in [1.165, 1.54) is 6.26 Å². The second-order valence-electron chi connectivity index (χ2n) is 6.79. The molecule has 1 saturated carbocycles. The van der Waals surface area contributed by atoms with Crippen LogP contribution in [0.25, 0.3) is 0 Å². The summed E-state index contributed by atoms with van der Waals surface area (Å²) in [5.74, 6) is 0.141. The van der Waals surface area contributed by atoms with Crippen molar-refractivity contribution in [1.29, 1.82) is 0 Å². The van der Waals surface area contributed by atoms with E-state index < -0.39 is 15.3 Å². The molecule has 3 nitrogen and oxygen atoms in total. The van der Waals surface area contributed by atoms with Gasteiger partial charge >= 0.3 is 0 Å². The zero-order chi connectivity index (χ0) is 16.8. The predicted molar refractivity (Wildman–Crippen MR) is 90.3 cm³/mol. The largest absolute Gasteiger partial charge is 0.298 e. The summed E-state index contributed by atoms with van der Waals surface area (Å²) in [5.41, 5.74) is 1.59. The molecule has 2 aromatic carbocycles. The second kappa shape index (κ2) is 5.31. The van der Waals surface area contributed by atoms with Gasteiger partial charge < -0.3 is 0 Å². The number of hydrogen-bond acceptors (Lipinski definition) is 3. The SMILES string of the molecule is CC1(C)C(=O)C(c2ccccc2)C1c1ccc(S(C)(=O)=O)cc1. The minimum atomic E-state index is -3.21. The summed E-state index contributed by atoms with van der Waals surface area (Å²) in [7, 11) is -3.21. The number of hydrogen-bond donors (Lipinski definition) is 0. The molecule has 120 valence electrons. The van der Waals surface area contributed by atoms with Gasteiger partial charge in [0, 0.05) is 17.6 Å². The Balaban J connectivity index is 2.01. The molecular weight excluding hydrogens is 308 g/mol. The third kappa shape index (κ3) is 2.61. The highest BCUT2D eigenvalue weighted by atomic mass is 32.2. The molecule has 0 bridgehead atoms. The zero-order valence-electron chi connectivity index (χ0n) is 13.5. The van der Waals surface area contributed by atoms with Crippen LogP contribution < -0.4 is 0 Å². The van der Waals surface area contributed by atoms with Gasteiger partial charge in [0.05, 0.1) is 10.8 Å². The molecular formula is C19H20O3S. The molecule has 2 atom stereocenters. The van der Waals surface area contributed by atoms with Gasteiger partial charge in [-0.2, -0.15) is 0 Å². The Hall–Kier alpha value is -1.94. The summed E-state index contributed by atoms with van der Waals surface area (Å²) in [5, 5.41) is 0. The van der Waals surface area contributed by atoms with E-state index in [0.29, 0.717) is 4.90 Å². The third-order valence-corrected chi connectivity index (χ3v) is 5.98. The highest BCUT2D eigenvalue weighted by Gasteiger charge is 2.56. The topological polar surface area (TPSA) is 51.2 Å². The van der Waals surface area contributed by atoms with E-state index in [1.807, 2.05) is 56.3 Å². The van der Waals surface area contributed by atoms with Gasteiger partial charge in [-0.25, -0.2) is 8.42 Å². The summed E-state index contributed by atoms with van der Waals surface area (Å²) < 4.78 is 23.2. The van der Waals surface area contributed by atoms with Crippen LogP contribution in [0.5, 0.6) is 0 Å². The lowest BCUT2D eigenvalue weighted by molar-refractivity contribution is -0.141. The molecule has 1 aliphatic carbocycles. The Morgan fingerprint density at radius 3 is 1.96 bits per heavy atom. The molecule has 3 rings (SSSR count). The zero-order valence-corrected chi connectivity index (χ0v) is 14.3. The lowest BCUT2D eigenvalue weighted by Gasteiger charge is -2.50. The van der Waals surface area contributed by atoms with Crippen LogP contribution in [0.4, 0.5) is 0 Å². The lowest BCUT2D eigenvalue weighted by atomic mass is 9.51. The van der Waals surface area contributed by atoms with E-state index in [9.17, 15) is 13.2 Å². The number of benzene rings is 2. The normalized spacial score (nSPS) is 23.3. The molecule has 0 spiro atoms. The molecule has 0 saturated heterocycles. The van der Waals surface area contributed by atoms with Crippen LogP contribution in [0, 0.1) is 5.41 Å². The molecule has 0 heterocycles. The minimum Gasteiger partial charge on any atom is -0.298 e. The van der Waals surface area contributed by atoms with E-state index in [-0.39, 0.29) is 17.6 Å². The quantitative estimate of drug-likeness (QED) is 0.865. The fourth-order valence-corrected chi connectivity index (χ4v) is 4.19. The van der Waals surface area contributed by atoms with Gasteiger partial charge in [0.2, 0.25) is 0 Å². The van der Waals surface area contributed by atoms with Crippen molar-refractivity contribution in [3.8, 4) is 0 Å². The van der Waals surface area contributed by atoms with E-state index in [4.69, 9.17) is 0 Å². The maximum atomic E-state index is 12.6. The van der Waals surface area contributed by atoms with Crippen LogP contribution >= 0.6 is 0 Å². The number of ketones is 1. The van der Waals surface area contributed by atoms with Crippen molar-refractivity contribution in [1.82, 2.24) is 0 Å². The van der Waals surface area contributed by atoms with Crippen molar-refractivity contribution < 1.29 is 13.2 Å². The molecule has 0 N–H and O–H groups in total. The van der Waals surface area contributed by atoms with Gasteiger partial charge in [0.1, 0.15) is 5.78 Å². The average Bonchev–Trinajstić information content (AvgIpc) is 2.52. The van der Waals surface area contributed by atoms with E-state index in [1.54, 1.807) is 12.1 Å². The first-order chi connectivity index (χ1) is 10.7. The maximum absolute atomic E-state index is 12.6. The number of sulfone groups is 1. The maximum Gasteiger partial charge on any atom is 0.175 e. The average molecular weight is 328 g/mol. The van der Waals surface area contributed by atoms with Crippen LogP contribution in [-0.4, -0.2) is 20.5 Å². The van der Waals surface area contributed by atoms with Crippen molar-refractivity contribution in [3.05, 3.63) is 65.7 Å². The summed E-state index contributed by atoms with van der Waals surface area (Å²) in [4.78, 5) is 12.9. The third-order valence-electron chi connectivity index (χ3n) is 4.85. The van der Waals surface area contributed by atoms with Gasteiger partial charge in [0.25, 0.3) is 0 Å². The summed E-state index contributed by atoms with van der Waals surface area (Å²) in [6.45, 7) is 3.92. The molecule has 0 aromatic heterocycles. The standard InChI is InChI=1S/C19H20O3S/c1-19(2)17(14-9-11-15(12-10-14)23(3,21)22)16(18(19)20)13-7-5-4-6-8-13/h4-12,16-17H,1-3H3. The van der Waals surface area contributed by atoms with Gasteiger partial charge in [-0.3, -0.25) is 4.79 Å². The second-order valence-corrected chi connectivity index (χ2v) is 8.81. The van der Waals surface area contributed by atoms with Crippen LogP contribution in [-0.2, 0) is 14.6 Å². The molecule has 2 aromatic rings. The van der Waals surface area contributed by atoms with Crippen LogP contribution in [0.1, 0.15) is 36.8 Å². The van der Waals surface area contributed by atoms with Crippen molar-refractivity contribution in [2.24, 2.45) is 5.41 Å². The Bertz CT molecular complexity index is 834. The number of rotatable bonds is 3. The molecule has 4 heteroatoms. The Kier molecular flexibility index (Phi) is 3.68. The molecule has 0 amide bonds. The first-order valence-electron chi connectivity index (χ1n) is 7.62. The van der Waals surface area contributed by atoms with Crippen LogP contribution in [0.15, 0.2) is 59.5 Å². The van der Waals surface area contributed by atoms with Crippen molar-refractivity contribution >= 4 is 15.6 Å². The molecule has 1 aliphatic rings. The Morgan fingerprint density at radius 1 is 0.870 bits per heavy atom. The number of carbonyl (C=O) groups excluding carboxylic acids is 1. The van der Waals surface area contributed by atoms with Crippen molar-refractivity contribution in [2.45, 2.75) is 30.6 Å². The number of carbonyl (C=O) groups is 1. The predicted octanol–water partition coefficient (Wildman–Crippen LogP) is 3.57. The minimum absolute atomic E-state index is 0.0611. The molecule has 0 aliphatic heterocycles. The van der Waals surface area contributed by atoms with Gasteiger partial charge in [-0.1, -0.05) is 56.3 Å². The Morgan fingerprint density at radius 2 is 1.43 bits per heavy atom. The Labute approximate surface area is 137 Å². The number of Topliss-reactive ketones (excluding diaryl/α,β-unsaturated/α-hetero) is 1. The fraction of sp³-hybridized carbons (Fsp3) is 0.316. The van der Waals surface area contributed by atoms with E-state index in [0.717, 1.165) is 11.1 Å². The van der Waals surface area contributed by atoms with Gasteiger partial charge in [0.15, 0.2) is 9.84 Å². The molecule has 2 unspecified atom stereocenters. The van der Waals surface area contributed by atoms with Crippen LogP contribution in [0.3, 0.4) is 0 Å². The van der Waals surface area contributed by atoms with E-state index >= 15 is 0 Å². The summed E-state index contributed by atoms with van der Waals surface area (Å²) in [6.07, 6.45) is 1.20. The highest BCUT2D eigenvalue weighted by Crippen LogP contribution is 2.58. The van der Waals surface area contributed by atoms with Crippen molar-refractivity contribution in [3.63, 3.8) is 0 Å². The monoisotopic (exact) mass is 328 g/mol. The van der Waals surface area contributed by atoms with Gasteiger partial charge in [-0.05, 0) is 23.3 Å². The summed E-state index contributed by atoms with van der Waals surface area (Å²) in [6, 6.07) is 16.7. The smallest absolute Gasteiger partial charge is 0.175 e. The fourth-order valence-electron chi connectivity index (χ4n) is 3.56.